The van der Waals surface area contributed by atoms with Crippen molar-refractivity contribution in [2.45, 2.75) is 45.3 Å². The van der Waals surface area contributed by atoms with Gasteiger partial charge in [-0.05, 0) is 55.5 Å². The molecule has 0 radical (unpaired) electrons. The van der Waals surface area contributed by atoms with E-state index in [2.05, 4.69) is 32.3 Å². The largest absolute Gasteiger partial charge is 0.469 e. The van der Waals surface area contributed by atoms with Crippen molar-refractivity contribution in [2.24, 2.45) is 10.9 Å². The number of benzene rings is 1. The lowest BCUT2D eigenvalue weighted by molar-refractivity contribution is -0.140. The molecule has 2 aromatic rings. The number of hydrogen-bond acceptors (Lipinski definition) is 6. The van der Waals surface area contributed by atoms with Gasteiger partial charge in [0.15, 0.2) is 0 Å². The second-order valence-corrected chi connectivity index (χ2v) is 7.96. The number of aromatic nitrogens is 2. The van der Waals surface area contributed by atoms with Gasteiger partial charge in [-0.1, -0.05) is 6.92 Å². The molecule has 1 atom stereocenters. The minimum Gasteiger partial charge on any atom is -0.469 e. The van der Waals surface area contributed by atoms with Gasteiger partial charge in [0, 0.05) is 30.6 Å². The first-order valence-electron chi connectivity index (χ1n) is 11.0. The van der Waals surface area contributed by atoms with Gasteiger partial charge >= 0.3 is 5.97 Å². The number of aliphatic hydroxyl groups excluding tert-OH is 1. The van der Waals surface area contributed by atoms with E-state index in [0.717, 1.165) is 48.1 Å². The highest BCUT2D eigenvalue weighted by Crippen LogP contribution is 2.30. The Morgan fingerprint density at radius 3 is 3.00 bits per heavy atom. The van der Waals surface area contributed by atoms with Crippen LogP contribution < -0.4 is 5.32 Å². The van der Waals surface area contributed by atoms with Crippen LogP contribution in [0.15, 0.2) is 35.3 Å². The van der Waals surface area contributed by atoms with E-state index in [1.165, 1.54) is 20.0 Å². The van der Waals surface area contributed by atoms with Crippen molar-refractivity contribution in [2.75, 3.05) is 25.5 Å². The molecule has 3 rings (SSSR count). The number of rotatable bonds is 12. The number of esters is 1. The van der Waals surface area contributed by atoms with E-state index >= 15 is 0 Å². The summed E-state index contributed by atoms with van der Waals surface area (Å²) < 4.78 is 4.70. The molecule has 1 heterocycles. The highest BCUT2D eigenvalue weighted by molar-refractivity contribution is 5.97. The Hall–Kier alpha value is -3.20. The number of amidine groups is 1. The number of methoxy groups -OCH3 is 1. The Labute approximate surface area is 188 Å². The zero-order valence-corrected chi connectivity index (χ0v) is 18.7. The Balaban J connectivity index is 1.67. The van der Waals surface area contributed by atoms with Crippen LogP contribution in [-0.4, -0.2) is 64.8 Å². The predicted molar refractivity (Wildman–Crippen MR) is 126 cm³/mol. The average Bonchev–Trinajstić information content (AvgIpc) is 3.52. The number of anilines is 1. The number of hydrogen-bond donors (Lipinski definition) is 4. The zero-order valence-electron chi connectivity index (χ0n) is 18.7. The minimum absolute atomic E-state index is 0.254. The molecule has 0 amide bonds. The number of aromatic amines is 1. The van der Waals surface area contributed by atoms with Crippen molar-refractivity contribution in [3.05, 3.63) is 36.0 Å². The van der Waals surface area contributed by atoms with E-state index in [-0.39, 0.29) is 12.4 Å². The average molecular weight is 441 g/mol. The van der Waals surface area contributed by atoms with Crippen molar-refractivity contribution in [3.8, 4) is 0 Å². The number of carbonyl (C=O) groups is 1. The fraction of sp³-hybridized carbons (Fsp3) is 0.478. The van der Waals surface area contributed by atoms with Gasteiger partial charge in [0.25, 0.3) is 0 Å². The molecule has 1 fully saturated rings. The van der Waals surface area contributed by atoms with Crippen LogP contribution in [0.4, 0.5) is 5.69 Å². The van der Waals surface area contributed by atoms with Crippen LogP contribution in [0.5, 0.6) is 0 Å². The van der Waals surface area contributed by atoms with Crippen molar-refractivity contribution in [3.63, 3.8) is 0 Å². The van der Waals surface area contributed by atoms with E-state index in [1.807, 2.05) is 18.2 Å². The molecule has 9 heteroatoms. The lowest BCUT2D eigenvalue weighted by Gasteiger charge is -2.24. The van der Waals surface area contributed by atoms with Crippen LogP contribution in [0.25, 0.3) is 10.9 Å². The predicted octanol–water partition coefficient (Wildman–Crippen LogP) is 3.08. The molecule has 1 aliphatic rings. The van der Waals surface area contributed by atoms with E-state index in [4.69, 9.17) is 10.1 Å². The zero-order chi connectivity index (χ0) is 22.9. The van der Waals surface area contributed by atoms with Crippen molar-refractivity contribution in [1.29, 1.82) is 5.41 Å². The summed E-state index contributed by atoms with van der Waals surface area (Å²) in [6.07, 6.45) is 7.69. The quantitative estimate of drug-likeness (QED) is 0.174. The SMILES string of the molecule is CCCN(CC1CC1)C(/C=C/C(O)Nc1ccc2[nH]nc(CCC(=O)OC)c2c1)=N/C=N. The summed E-state index contributed by atoms with van der Waals surface area (Å²) in [5.74, 6) is 1.10. The first-order valence-corrected chi connectivity index (χ1v) is 11.0. The number of H-pyrrole nitrogens is 1. The smallest absolute Gasteiger partial charge is 0.305 e. The molecule has 0 bridgehead atoms. The monoisotopic (exact) mass is 440 g/mol. The highest BCUT2D eigenvalue weighted by atomic mass is 16.5. The van der Waals surface area contributed by atoms with Crippen molar-refractivity contribution >= 4 is 34.7 Å². The van der Waals surface area contributed by atoms with Gasteiger partial charge in [0.05, 0.1) is 24.7 Å². The van der Waals surface area contributed by atoms with Gasteiger partial charge < -0.3 is 20.1 Å². The molecule has 1 aromatic carbocycles. The second kappa shape index (κ2) is 11.4. The third-order valence-electron chi connectivity index (χ3n) is 5.37. The Morgan fingerprint density at radius 1 is 1.50 bits per heavy atom. The van der Waals surface area contributed by atoms with Gasteiger partial charge in [-0.25, -0.2) is 4.99 Å². The number of nitrogens with one attached hydrogen (secondary N) is 3. The first-order chi connectivity index (χ1) is 15.5. The number of nitrogens with zero attached hydrogens (tertiary/aromatic N) is 3. The maximum Gasteiger partial charge on any atom is 0.305 e. The molecule has 0 saturated heterocycles. The normalized spacial score (nSPS) is 15.2. The summed E-state index contributed by atoms with van der Waals surface area (Å²) in [4.78, 5) is 17.8. The number of aliphatic hydroxyl groups is 1. The molecular formula is C23H32N6O3. The number of fused-ring (bicyclic) bond motifs is 1. The summed E-state index contributed by atoms with van der Waals surface area (Å²) in [7, 11) is 1.37. The maximum atomic E-state index is 11.4. The summed E-state index contributed by atoms with van der Waals surface area (Å²) >= 11 is 0. The Bertz CT molecular complexity index is 979. The van der Waals surface area contributed by atoms with Crippen LogP contribution >= 0.6 is 0 Å². The van der Waals surface area contributed by atoms with Crippen LogP contribution in [-0.2, 0) is 16.0 Å². The van der Waals surface area contributed by atoms with Crippen LogP contribution in [0.1, 0.15) is 38.3 Å². The van der Waals surface area contributed by atoms with Gasteiger partial charge in [-0.15, -0.1) is 0 Å². The number of ether oxygens (including phenoxy) is 1. The van der Waals surface area contributed by atoms with Crippen LogP contribution in [0, 0.1) is 11.3 Å². The molecule has 1 unspecified atom stereocenters. The van der Waals surface area contributed by atoms with Crippen LogP contribution in [0.3, 0.4) is 0 Å². The third-order valence-corrected chi connectivity index (χ3v) is 5.37. The number of aryl methyl sites for hydroxylation is 1. The van der Waals surface area contributed by atoms with Crippen molar-refractivity contribution < 1.29 is 14.6 Å². The van der Waals surface area contributed by atoms with Crippen LogP contribution in [0.2, 0.25) is 0 Å². The molecule has 1 aliphatic carbocycles. The van der Waals surface area contributed by atoms with Gasteiger partial charge in [0.1, 0.15) is 18.4 Å². The Kier molecular flexibility index (Phi) is 8.38. The van der Waals surface area contributed by atoms with E-state index in [0.29, 0.717) is 18.2 Å². The fourth-order valence-corrected chi connectivity index (χ4v) is 3.55. The fourth-order valence-electron chi connectivity index (χ4n) is 3.55. The van der Waals surface area contributed by atoms with E-state index in [9.17, 15) is 9.90 Å². The van der Waals surface area contributed by atoms with E-state index in [1.54, 1.807) is 12.2 Å². The topological polar surface area (TPSA) is 127 Å². The number of aliphatic imine (C=N–C) groups is 1. The van der Waals surface area contributed by atoms with Gasteiger partial charge in [-0.2, -0.15) is 5.10 Å². The van der Waals surface area contributed by atoms with Crippen molar-refractivity contribution in [1.82, 2.24) is 15.1 Å². The lowest BCUT2D eigenvalue weighted by Crippen LogP contribution is -2.33. The summed E-state index contributed by atoms with van der Waals surface area (Å²) in [6, 6.07) is 5.62. The molecule has 1 saturated carbocycles. The second-order valence-electron chi connectivity index (χ2n) is 7.96. The molecule has 1 aromatic heterocycles. The summed E-state index contributed by atoms with van der Waals surface area (Å²) in [5.41, 5.74) is 2.36. The minimum atomic E-state index is -0.932. The highest BCUT2D eigenvalue weighted by Gasteiger charge is 2.25. The summed E-state index contributed by atoms with van der Waals surface area (Å²) in [6.45, 7) is 3.91. The van der Waals surface area contributed by atoms with Gasteiger partial charge in [-0.3, -0.25) is 15.3 Å². The molecule has 4 N–H and O–H groups in total. The molecule has 0 spiro atoms. The maximum absolute atomic E-state index is 11.4. The van der Waals surface area contributed by atoms with Gasteiger partial charge in [0.2, 0.25) is 0 Å². The first kappa shape index (κ1) is 23.5. The lowest BCUT2D eigenvalue weighted by atomic mass is 10.1. The summed E-state index contributed by atoms with van der Waals surface area (Å²) in [5, 5.41) is 29.1. The standard InChI is InChI=1S/C23H32N6O3/c1-3-12-29(14-16-4-5-16)21(25-15-24)9-10-22(30)26-17-6-7-19-18(13-17)20(28-27-19)8-11-23(31)32-2/h6-7,9-10,13,15-16,22,24,26,30H,3-5,8,11-12,14H2,1-2H3,(H,27,28)/b10-9+,24-15?,25-21+. The molecule has 0 aliphatic heterocycles. The molecule has 172 valence electrons. The number of carbonyl (C=O) groups excluding carboxylic acids is 1. The molecule has 32 heavy (non-hydrogen) atoms. The third kappa shape index (κ3) is 6.65. The molecular weight excluding hydrogens is 408 g/mol. The Morgan fingerprint density at radius 2 is 2.31 bits per heavy atom. The molecule has 9 nitrogen and oxygen atoms in total. The van der Waals surface area contributed by atoms with E-state index < -0.39 is 6.23 Å².